The van der Waals surface area contributed by atoms with Crippen LogP contribution in [0.3, 0.4) is 0 Å². The summed E-state index contributed by atoms with van der Waals surface area (Å²) >= 11 is 3.34. The van der Waals surface area contributed by atoms with Crippen LogP contribution in [-0.2, 0) is 16.1 Å². The van der Waals surface area contributed by atoms with E-state index in [1.807, 2.05) is 19.1 Å². The molecule has 0 radical (unpaired) electrons. The number of nitrogens with zero attached hydrogens (tertiary/aromatic N) is 2. The molecule has 0 fully saturated rings. The molecule has 0 spiro atoms. The number of aromatic nitrogens is 2. The van der Waals surface area contributed by atoms with Crippen LogP contribution < -0.4 is 5.32 Å². The van der Waals surface area contributed by atoms with Crippen molar-refractivity contribution in [3.05, 3.63) is 46.2 Å². The number of methoxy groups -OCH3 is 1. The molecule has 21 heavy (non-hydrogen) atoms. The first-order valence-corrected chi connectivity index (χ1v) is 6.95. The molecule has 1 amide bonds. The molecule has 6 nitrogen and oxygen atoms in total. The summed E-state index contributed by atoms with van der Waals surface area (Å²) in [6.45, 7) is 1.87. The largest absolute Gasteiger partial charge is 0.468 e. The van der Waals surface area contributed by atoms with E-state index in [1.54, 1.807) is 12.3 Å². The molecule has 0 saturated carbocycles. The minimum atomic E-state index is -0.404. The summed E-state index contributed by atoms with van der Waals surface area (Å²) in [5, 5.41) is 6.73. The molecular formula is C14H14BrN3O3. The Bertz CT molecular complexity index is 682. The van der Waals surface area contributed by atoms with Gasteiger partial charge in [0.1, 0.15) is 6.54 Å². The molecule has 0 atom stereocenters. The Morgan fingerprint density at radius 1 is 1.43 bits per heavy atom. The minimum absolute atomic E-state index is 0.00227. The van der Waals surface area contributed by atoms with Gasteiger partial charge >= 0.3 is 5.97 Å². The fourth-order valence-corrected chi connectivity index (χ4v) is 2.11. The number of esters is 1. The van der Waals surface area contributed by atoms with E-state index in [-0.39, 0.29) is 12.5 Å². The van der Waals surface area contributed by atoms with Crippen molar-refractivity contribution < 1.29 is 14.3 Å². The normalized spacial score (nSPS) is 10.2. The quantitative estimate of drug-likeness (QED) is 0.858. The Labute approximate surface area is 130 Å². The van der Waals surface area contributed by atoms with Gasteiger partial charge in [-0.2, -0.15) is 5.10 Å². The van der Waals surface area contributed by atoms with Gasteiger partial charge in [0.25, 0.3) is 5.91 Å². The second-order valence-corrected chi connectivity index (χ2v) is 5.33. The van der Waals surface area contributed by atoms with Gasteiger partial charge in [0.2, 0.25) is 0 Å². The predicted octanol–water partition coefficient (Wildman–Crippen LogP) is 2.38. The minimum Gasteiger partial charge on any atom is -0.468 e. The van der Waals surface area contributed by atoms with Gasteiger partial charge in [-0.15, -0.1) is 0 Å². The maximum absolute atomic E-state index is 12.2. The van der Waals surface area contributed by atoms with Crippen LogP contribution in [0.25, 0.3) is 0 Å². The van der Waals surface area contributed by atoms with Gasteiger partial charge in [0, 0.05) is 16.2 Å². The molecule has 1 aromatic heterocycles. The van der Waals surface area contributed by atoms with Crippen LogP contribution in [0.5, 0.6) is 0 Å². The molecule has 7 heteroatoms. The first-order valence-electron chi connectivity index (χ1n) is 6.16. The molecule has 1 heterocycles. The molecule has 0 bridgehead atoms. The van der Waals surface area contributed by atoms with E-state index in [1.165, 1.54) is 18.0 Å². The summed E-state index contributed by atoms with van der Waals surface area (Å²) in [6.07, 6.45) is 3.05. The summed E-state index contributed by atoms with van der Waals surface area (Å²) in [7, 11) is 1.31. The summed E-state index contributed by atoms with van der Waals surface area (Å²) in [6, 6.07) is 5.49. The second kappa shape index (κ2) is 6.53. The highest BCUT2D eigenvalue weighted by Gasteiger charge is 2.11. The number of ether oxygens (including phenoxy) is 1. The molecule has 0 saturated heterocycles. The fraction of sp³-hybridized carbons (Fsp3) is 0.214. The summed E-state index contributed by atoms with van der Waals surface area (Å²) in [5.41, 5.74) is 1.96. The van der Waals surface area contributed by atoms with Gasteiger partial charge in [-0.1, -0.05) is 22.0 Å². The molecule has 110 valence electrons. The molecule has 1 aromatic carbocycles. The van der Waals surface area contributed by atoms with Gasteiger partial charge in [-0.3, -0.25) is 14.3 Å². The van der Waals surface area contributed by atoms with Crippen molar-refractivity contribution in [2.24, 2.45) is 0 Å². The van der Waals surface area contributed by atoms with Crippen molar-refractivity contribution in [2.45, 2.75) is 13.5 Å². The van der Waals surface area contributed by atoms with Crippen molar-refractivity contribution in [1.29, 1.82) is 0 Å². The number of carbonyl (C=O) groups excluding carboxylic acids is 2. The predicted molar refractivity (Wildman–Crippen MR) is 81.1 cm³/mol. The number of benzene rings is 1. The SMILES string of the molecule is COC(=O)Cn1cc(NC(=O)c2cc(Br)ccc2C)cn1. The molecule has 1 N–H and O–H groups in total. The van der Waals surface area contributed by atoms with Crippen molar-refractivity contribution in [3.63, 3.8) is 0 Å². The number of amides is 1. The van der Waals surface area contributed by atoms with E-state index in [2.05, 4.69) is 31.1 Å². The third kappa shape index (κ3) is 3.91. The smallest absolute Gasteiger partial charge is 0.327 e. The molecular weight excluding hydrogens is 338 g/mol. The number of rotatable bonds is 4. The first kappa shape index (κ1) is 15.2. The molecule has 0 aliphatic heterocycles. The van der Waals surface area contributed by atoms with Crippen molar-refractivity contribution >= 4 is 33.5 Å². The number of halogens is 1. The highest BCUT2D eigenvalue weighted by Crippen LogP contribution is 2.17. The van der Waals surface area contributed by atoms with Crippen molar-refractivity contribution in [1.82, 2.24) is 9.78 Å². The Kier molecular flexibility index (Phi) is 4.74. The Morgan fingerprint density at radius 3 is 2.90 bits per heavy atom. The Balaban J connectivity index is 2.09. The number of hydrogen-bond donors (Lipinski definition) is 1. The van der Waals surface area contributed by atoms with Crippen LogP contribution in [0.1, 0.15) is 15.9 Å². The lowest BCUT2D eigenvalue weighted by molar-refractivity contribution is -0.141. The zero-order valence-corrected chi connectivity index (χ0v) is 13.2. The monoisotopic (exact) mass is 351 g/mol. The van der Waals surface area contributed by atoms with E-state index in [9.17, 15) is 9.59 Å². The summed E-state index contributed by atoms with van der Waals surface area (Å²) in [5.74, 6) is -0.634. The van der Waals surface area contributed by atoms with Gasteiger partial charge in [-0.25, -0.2) is 0 Å². The maximum Gasteiger partial charge on any atom is 0.327 e. The topological polar surface area (TPSA) is 73.2 Å². The van der Waals surface area contributed by atoms with E-state index in [0.29, 0.717) is 11.3 Å². The van der Waals surface area contributed by atoms with Gasteiger partial charge in [-0.05, 0) is 24.6 Å². The zero-order chi connectivity index (χ0) is 15.4. The Hall–Kier alpha value is -2.15. The van der Waals surface area contributed by atoms with Crippen LogP contribution in [0, 0.1) is 6.92 Å². The molecule has 0 aliphatic rings. The van der Waals surface area contributed by atoms with E-state index in [0.717, 1.165) is 10.0 Å². The number of nitrogens with one attached hydrogen (secondary N) is 1. The Morgan fingerprint density at radius 2 is 2.19 bits per heavy atom. The van der Waals surface area contributed by atoms with E-state index in [4.69, 9.17) is 0 Å². The number of hydrogen-bond acceptors (Lipinski definition) is 4. The van der Waals surface area contributed by atoms with E-state index >= 15 is 0 Å². The van der Waals surface area contributed by atoms with E-state index < -0.39 is 5.97 Å². The fourth-order valence-electron chi connectivity index (χ4n) is 1.75. The highest BCUT2D eigenvalue weighted by molar-refractivity contribution is 9.10. The first-order chi connectivity index (χ1) is 9.99. The number of carbonyl (C=O) groups is 2. The van der Waals surface area contributed by atoms with Gasteiger partial charge < -0.3 is 10.1 Å². The zero-order valence-electron chi connectivity index (χ0n) is 11.6. The van der Waals surface area contributed by atoms with Crippen molar-refractivity contribution in [3.8, 4) is 0 Å². The number of anilines is 1. The highest BCUT2D eigenvalue weighted by atomic mass is 79.9. The lowest BCUT2D eigenvalue weighted by atomic mass is 10.1. The average Bonchev–Trinajstić information content (AvgIpc) is 2.88. The van der Waals surface area contributed by atoms with Crippen LogP contribution in [0.2, 0.25) is 0 Å². The lowest BCUT2D eigenvalue weighted by Crippen LogP contribution is -2.13. The second-order valence-electron chi connectivity index (χ2n) is 4.42. The number of aryl methyl sites for hydroxylation is 1. The van der Waals surface area contributed by atoms with Crippen LogP contribution in [0.4, 0.5) is 5.69 Å². The summed E-state index contributed by atoms with van der Waals surface area (Å²) in [4.78, 5) is 23.4. The molecule has 0 aliphatic carbocycles. The molecule has 2 rings (SSSR count). The van der Waals surface area contributed by atoms with Crippen molar-refractivity contribution in [2.75, 3.05) is 12.4 Å². The standard InChI is InChI=1S/C14H14BrN3O3/c1-9-3-4-10(15)5-12(9)14(20)17-11-6-16-18(7-11)8-13(19)21-2/h3-7H,8H2,1-2H3,(H,17,20). The van der Waals surface area contributed by atoms with Crippen LogP contribution in [-0.4, -0.2) is 28.8 Å². The lowest BCUT2D eigenvalue weighted by Gasteiger charge is -2.06. The van der Waals surface area contributed by atoms with Gasteiger partial charge in [0.05, 0.1) is 19.0 Å². The molecule has 0 unspecified atom stereocenters. The van der Waals surface area contributed by atoms with Gasteiger partial charge in [0.15, 0.2) is 0 Å². The third-order valence-electron chi connectivity index (χ3n) is 2.85. The molecule has 2 aromatic rings. The third-order valence-corrected chi connectivity index (χ3v) is 3.35. The van der Waals surface area contributed by atoms with Crippen LogP contribution in [0.15, 0.2) is 35.1 Å². The average molecular weight is 352 g/mol. The maximum atomic E-state index is 12.2. The van der Waals surface area contributed by atoms with Crippen LogP contribution >= 0.6 is 15.9 Å². The summed E-state index contributed by atoms with van der Waals surface area (Å²) < 4.78 is 6.78.